The number of amides is 1. The summed E-state index contributed by atoms with van der Waals surface area (Å²) in [6.07, 6.45) is 2.93. The number of carbonyl (C=O) groups is 3. The Morgan fingerprint density at radius 3 is 2.26 bits per heavy atom. The number of ketones is 2. The van der Waals surface area contributed by atoms with E-state index in [4.69, 9.17) is 0 Å². The molecule has 0 unspecified atom stereocenters. The lowest BCUT2D eigenvalue weighted by atomic mass is 9.80. The Kier molecular flexibility index (Phi) is 3.70. The molecule has 2 aromatic carbocycles. The van der Waals surface area contributed by atoms with E-state index in [1.54, 1.807) is 44.2 Å². The Balaban J connectivity index is 2.03. The fourth-order valence-corrected chi connectivity index (χ4v) is 3.78. The summed E-state index contributed by atoms with van der Waals surface area (Å²) in [5, 5.41) is 5.30. The van der Waals surface area contributed by atoms with Crippen LogP contribution in [0.1, 0.15) is 51.3 Å². The van der Waals surface area contributed by atoms with Crippen LogP contribution in [0.25, 0.3) is 0 Å². The normalized spacial score (nSPS) is 16.3. The summed E-state index contributed by atoms with van der Waals surface area (Å²) < 4.78 is 0. The van der Waals surface area contributed by atoms with E-state index in [1.807, 2.05) is 19.1 Å². The lowest BCUT2D eigenvalue weighted by Crippen LogP contribution is -2.56. The van der Waals surface area contributed by atoms with Crippen molar-refractivity contribution in [2.45, 2.75) is 26.3 Å². The van der Waals surface area contributed by atoms with Gasteiger partial charge in [-0.1, -0.05) is 53.6 Å². The van der Waals surface area contributed by atoms with E-state index in [2.05, 4.69) is 5.10 Å². The predicted molar refractivity (Wildman–Crippen MR) is 102 cm³/mol. The van der Waals surface area contributed by atoms with Crippen molar-refractivity contribution in [2.24, 2.45) is 5.10 Å². The molecule has 0 saturated heterocycles. The van der Waals surface area contributed by atoms with Gasteiger partial charge in [-0.3, -0.25) is 14.4 Å². The maximum Gasteiger partial charge on any atom is 0.268 e. The summed E-state index contributed by atoms with van der Waals surface area (Å²) in [6.45, 7) is 5.49. The van der Waals surface area contributed by atoms with E-state index in [1.165, 1.54) is 12.3 Å². The molecular formula is C22H18N2O3. The fraction of sp³-hybridized carbons (Fsp3) is 0.182. The van der Waals surface area contributed by atoms with Gasteiger partial charge in [0.25, 0.3) is 5.91 Å². The van der Waals surface area contributed by atoms with E-state index in [0.29, 0.717) is 22.3 Å². The highest BCUT2D eigenvalue weighted by atomic mass is 16.2. The Morgan fingerprint density at radius 2 is 1.67 bits per heavy atom. The molecule has 2 aliphatic rings. The van der Waals surface area contributed by atoms with Crippen LogP contribution in [0.15, 0.2) is 59.2 Å². The van der Waals surface area contributed by atoms with Crippen LogP contribution in [0.3, 0.4) is 0 Å². The van der Waals surface area contributed by atoms with Gasteiger partial charge in [0.05, 0.1) is 6.21 Å². The zero-order valence-corrected chi connectivity index (χ0v) is 15.3. The first-order chi connectivity index (χ1) is 12.9. The minimum atomic E-state index is -1.79. The highest BCUT2D eigenvalue weighted by Gasteiger charge is 2.61. The molecule has 5 nitrogen and oxygen atoms in total. The second kappa shape index (κ2) is 5.84. The Bertz CT molecular complexity index is 1040. The van der Waals surface area contributed by atoms with Crippen molar-refractivity contribution in [3.05, 3.63) is 81.9 Å². The monoisotopic (exact) mass is 358 g/mol. The average Bonchev–Trinajstić information content (AvgIpc) is 2.85. The van der Waals surface area contributed by atoms with Crippen molar-refractivity contribution in [1.29, 1.82) is 0 Å². The summed E-state index contributed by atoms with van der Waals surface area (Å²) in [4.78, 5) is 40.0. The quantitative estimate of drug-likeness (QED) is 0.579. The third-order valence-corrected chi connectivity index (χ3v) is 4.92. The SMILES string of the molecule is CC(C)=CC(=O)N1N=Cc2cc(C)ccc2C12C(=O)c1ccccc1C2=O. The predicted octanol–water partition coefficient (Wildman–Crippen LogP) is 3.41. The molecule has 0 N–H and O–H groups in total. The molecule has 0 aromatic heterocycles. The molecule has 5 heteroatoms. The molecule has 0 atom stereocenters. The Morgan fingerprint density at radius 1 is 1.04 bits per heavy atom. The van der Waals surface area contributed by atoms with Crippen LogP contribution in [0, 0.1) is 6.92 Å². The van der Waals surface area contributed by atoms with Crippen molar-refractivity contribution in [2.75, 3.05) is 0 Å². The summed E-state index contributed by atoms with van der Waals surface area (Å²) >= 11 is 0. The number of fused-ring (bicyclic) bond motifs is 3. The number of hydrogen-bond acceptors (Lipinski definition) is 4. The molecule has 27 heavy (non-hydrogen) atoms. The number of nitrogens with zero attached hydrogens (tertiary/aromatic N) is 2. The van der Waals surface area contributed by atoms with Gasteiger partial charge < -0.3 is 0 Å². The standard InChI is InChI=1S/C22H18N2O3/c1-13(2)10-19(25)24-22(18-9-8-14(3)11-15(18)12-23-24)20(26)16-6-4-5-7-17(16)21(22)27/h4-12H,1-3H3. The van der Waals surface area contributed by atoms with Crippen LogP contribution in [0.2, 0.25) is 0 Å². The number of aryl methyl sites for hydroxylation is 1. The second-order valence-corrected chi connectivity index (χ2v) is 7.12. The zero-order valence-electron chi connectivity index (χ0n) is 15.3. The maximum atomic E-state index is 13.5. The number of rotatable bonds is 1. The van der Waals surface area contributed by atoms with Gasteiger partial charge in [-0.2, -0.15) is 5.10 Å². The van der Waals surface area contributed by atoms with Crippen LogP contribution in [0.5, 0.6) is 0 Å². The molecule has 1 amide bonds. The topological polar surface area (TPSA) is 66.8 Å². The minimum absolute atomic E-state index is 0.320. The van der Waals surface area contributed by atoms with E-state index >= 15 is 0 Å². The summed E-state index contributed by atoms with van der Waals surface area (Å²) in [6, 6.07) is 12.1. The second-order valence-electron chi connectivity index (χ2n) is 7.12. The van der Waals surface area contributed by atoms with Gasteiger partial charge in [0.15, 0.2) is 0 Å². The van der Waals surface area contributed by atoms with Gasteiger partial charge in [-0.05, 0) is 20.8 Å². The number of hydrogen-bond donors (Lipinski definition) is 0. The Labute approximate surface area is 157 Å². The van der Waals surface area contributed by atoms with Gasteiger partial charge in [0.2, 0.25) is 17.1 Å². The molecule has 134 valence electrons. The molecule has 4 rings (SSSR count). The average molecular weight is 358 g/mol. The van der Waals surface area contributed by atoms with Crippen molar-refractivity contribution in [3.8, 4) is 0 Å². The van der Waals surface area contributed by atoms with Crippen LogP contribution < -0.4 is 0 Å². The highest BCUT2D eigenvalue weighted by molar-refractivity contribution is 6.34. The van der Waals surface area contributed by atoms with E-state index in [9.17, 15) is 14.4 Å². The fourth-order valence-electron chi connectivity index (χ4n) is 3.78. The van der Waals surface area contributed by atoms with Gasteiger partial charge in [0, 0.05) is 28.3 Å². The largest absolute Gasteiger partial charge is 0.290 e. The van der Waals surface area contributed by atoms with E-state index < -0.39 is 23.0 Å². The van der Waals surface area contributed by atoms with Crippen molar-refractivity contribution < 1.29 is 14.4 Å². The molecule has 0 radical (unpaired) electrons. The molecule has 0 bridgehead atoms. The lowest BCUT2D eigenvalue weighted by Gasteiger charge is -2.38. The minimum Gasteiger partial charge on any atom is -0.290 e. The van der Waals surface area contributed by atoms with Crippen LogP contribution >= 0.6 is 0 Å². The van der Waals surface area contributed by atoms with Crippen molar-refractivity contribution in [1.82, 2.24) is 5.01 Å². The number of allylic oxidation sites excluding steroid dienone is 1. The molecule has 1 spiro atoms. The first-order valence-electron chi connectivity index (χ1n) is 8.70. The summed E-state index contributed by atoms with van der Waals surface area (Å²) in [5.41, 5.74) is 1.76. The van der Waals surface area contributed by atoms with Crippen LogP contribution in [-0.2, 0) is 10.3 Å². The van der Waals surface area contributed by atoms with Gasteiger partial charge in [-0.25, -0.2) is 5.01 Å². The number of Topliss-reactive ketones (excluding diaryl/α,β-unsaturated/α-hetero) is 2. The third kappa shape index (κ3) is 2.24. The smallest absolute Gasteiger partial charge is 0.268 e. The Hall–Kier alpha value is -3.34. The first kappa shape index (κ1) is 17.1. The first-order valence-corrected chi connectivity index (χ1v) is 8.70. The number of carbonyl (C=O) groups excluding carboxylic acids is 3. The van der Waals surface area contributed by atoms with Crippen molar-refractivity contribution in [3.63, 3.8) is 0 Å². The molecule has 0 fully saturated rings. The van der Waals surface area contributed by atoms with E-state index in [0.717, 1.165) is 16.1 Å². The highest BCUT2D eigenvalue weighted by Crippen LogP contribution is 2.45. The summed E-state index contributed by atoms with van der Waals surface area (Å²) in [5.74, 6) is -1.33. The zero-order chi connectivity index (χ0) is 19.3. The van der Waals surface area contributed by atoms with Crippen LogP contribution in [0.4, 0.5) is 0 Å². The number of benzene rings is 2. The van der Waals surface area contributed by atoms with Gasteiger partial charge in [0.1, 0.15) is 0 Å². The molecule has 1 aliphatic heterocycles. The number of hydrazone groups is 1. The van der Waals surface area contributed by atoms with Crippen LogP contribution in [-0.4, -0.2) is 28.7 Å². The third-order valence-electron chi connectivity index (χ3n) is 4.92. The molecular weight excluding hydrogens is 340 g/mol. The molecule has 1 aliphatic carbocycles. The van der Waals surface area contributed by atoms with Crippen molar-refractivity contribution >= 4 is 23.7 Å². The summed E-state index contributed by atoms with van der Waals surface area (Å²) in [7, 11) is 0. The lowest BCUT2D eigenvalue weighted by molar-refractivity contribution is -0.130. The molecule has 1 heterocycles. The van der Waals surface area contributed by atoms with Gasteiger partial charge >= 0.3 is 0 Å². The molecule has 2 aromatic rings. The molecule has 0 saturated carbocycles. The van der Waals surface area contributed by atoms with Gasteiger partial charge in [-0.15, -0.1) is 0 Å². The van der Waals surface area contributed by atoms with E-state index in [-0.39, 0.29) is 0 Å². The maximum absolute atomic E-state index is 13.5.